The number of hydrogen-bond acceptors (Lipinski definition) is 3. The number of amides is 1. The van der Waals surface area contributed by atoms with E-state index in [9.17, 15) is 4.79 Å². The topological polar surface area (TPSA) is 57.2 Å². The summed E-state index contributed by atoms with van der Waals surface area (Å²) in [7, 11) is 3.55. The third-order valence-corrected chi connectivity index (χ3v) is 5.53. The molecule has 1 amide bonds. The van der Waals surface area contributed by atoms with Gasteiger partial charge in [0.2, 0.25) is 5.91 Å². The summed E-state index contributed by atoms with van der Waals surface area (Å²) in [6.45, 7) is 4.00. The van der Waals surface area contributed by atoms with Gasteiger partial charge in [0.05, 0.1) is 6.10 Å². The van der Waals surface area contributed by atoms with Crippen LogP contribution in [0.3, 0.4) is 0 Å². The number of carbonyl (C=O) groups is 1. The summed E-state index contributed by atoms with van der Waals surface area (Å²) >= 11 is 0. The molecule has 3 rings (SSSR count). The average molecular weight is 450 g/mol. The maximum atomic E-state index is 11.9. The Morgan fingerprint density at radius 1 is 1.33 bits per heavy atom. The van der Waals surface area contributed by atoms with Gasteiger partial charge in [-0.15, -0.1) is 24.0 Å². The number of nitrogens with zero attached hydrogens (tertiary/aromatic N) is 3. The molecule has 1 unspecified atom stereocenters. The van der Waals surface area contributed by atoms with Gasteiger partial charge in [-0.1, -0.05) is 6.42 Å². The lowest BCUT2D eigenvalue weighted by Gasteiger charge is -2.38. The van der Waals surface area contributed by atoms with Crippen LogP contribution < -0.4 is 5.32 Å². The molecule has 138 valence electrons. The van der Waals surface area contributed by atoms with Gasteiger partial charge in [0.15, 0.2) is 5.96 Å². The Morgan fingerprint density at radius 3 is 2.67 bits per heavy atom. The van der Waals surface area contributed by atoms with E-state index in [-0.39, 0.29) is 42.5 Å². The molecule has 2 heterocycles. The predicted molar refractivity (Wildman–Crippen MR) is 106 cm³/mol. The van der Waals surface area contributed by atoms with Crippen LogP contribution in [0.15, 0.2) is 4.99 Å². The number of halogens is 1. The highest BCUT2D eigenvalue weighted by Gasteiger charge is 2.43. The Bertz CT molecular complexity index is 460. The molecule has 3 fully saturated rings. The Kier molecular flexibility index (Phi) is 7.15. The molecular weight excluding hydrogens is 419 g/mol. The van der Waals surface area contributed by atoms with Crippen LogP contribution in [0.2, 0.25) is 0 Å². The van der Waals surface area contributed by atoms with Crippen LogP contribution in [-0.4, -0.2) is 74.7 Å². The van der Waals surface area contributed by atoms with E-state index in [0.717, 1.165) is 45.0 Å². The number of nitrogens with one attached hydrogen (secondary N) is 1. The summed E-state index contributed by atoms with van der Waals surface area (Å²) < 4.78 is 5.69. The largest absolute Gasteiger partial charge is 0.376 e. The lowest BCUT2D eigenvalue weighted by Crippen LogP contribution is -2.45. The van der Waals surface area contributed by atoms with Crippen LogP contribution in [0.5, 0.6) is 0 Å². The van der Waals surface area contributed by atoms with Crippen molar-refractivity contribution < 1.29 is 9.53 Å². The second kappa shape index (κ2) is 8.69. The quantitative estimate of drug-likeness (QED) is 0.403. The third kappa shape index (κ3) is 4.74. The lowest BCUT2D eigenvalue weighted by atomic mass is 9.68. The normalized spacial score (nSPS) is 25.3. The van der Waals surface area contributed by atoms with Crippen LogP contribution in [0.1, 0.15) is 38.5 Å². The molecule has 0 aromatic carbocycles. The number of guanidine groups is 1. The van der Waals surface area contributed by atoms with Crippen molar-refractivity contribution in [3.63, 3.8) is 0 Å². The van der Waals surface area contributed by atoms with E-state index >= 15 is 0 Å². The second-order valence-electron chi connectivity index (χ2n) is 7.47. The minimum Gasteiger partial charge on any atom is -0.376 e. The molecule has 1 N–H and O–H groups in total. The molecule has 2 aliphatic heterocycles. The fourth-order valence-electron chi connectivity index (χ4n) is 3.76. The molecule has 1 aliphatic carbocycles. The average Bonchev–Trinajstić information content (AvgIpc) is 3.15. The highest BCUT2D eigenvalue weighted by atomic mass is 127. The number of hydrogen-bond donors (Lipinski definition) is 1. The molecule has 1 atom stereocenters. The van der Waals surface area contributed by atoms with Crippen molar-refractivity contribution in [3.8, 4) is 0 Å². The molecule has 6 nitrogen and oxygen atoms in total. The molecule has 7 heteroatoms. The van der Waals surface area contributed by atoms with Gasteiger partial charge < -0.3 is 19.9 Å². The minimum atomic E-state index is 0. The summed E-state index contributed by atoms with van der Waals surface area (Å²) in [5.74, 6) is 0.929. The van der Waals surface area contributed by atoms with Gasteiger partial charge in [0.1, 0.15) is 6.54 Å². The number of ether oxygens (including phenoxy) is 1. The molecular formula is C17H31IN4O2. The summed E-state index contributed by atoms with van der Waals surface area (Å²) in [6, 6.07) is 0. The summed E-state index contributed by atoms with van der Waals surface area (Å²) in [4.78, 5) is 20.4. The Hall–Kier alpha value is -0.570. The monoisotopic (exact) mass is 450 g/mol. The maximum Gasteiger partial charge on any atom is 0.243 e. The minimum absolute atomic E-state index is 0. The summed E-state index contributed by atoms with van der Waals surface area (Å²) in [6.07, 6.45) is 7.85. The van der Waals surface area contributed by atoms with Gasteiger partial charge in [-0.25, -0.2) is 4.99 Å². The fraction of sp³-hybridized carbons (Fsp3) is 0.882. The van der Waals surface area contributed by atoms with E-state index in [1.807, 2.05) is 0 Å². The predicted octanol–water partition coefficient (Wildman–Crippen LogP) is 1.69. The highest BCUT2D eigenvalue weighted by Crippen LogP contribution is 2.47. The first kappa shape index (κ1) is 19.8. The van der Waals surface area contributed by atoms with Crippen molar-refractivity contribution >= 4 is 35.8 Å². The van der Waals surface area contributed by atoms with Crippen LogP contribution >= 0.6 is 24.0 Å². The van der Waals surface area contributed by atoms with Crippen molar-refractivity contribution in [2.75, 3.05) is 46.9 Å². The van der Waals surface area contributed by atoms with Gasteiger partial charge in [-0.3, -0.25) is 4.79 Å². The van der Waals surface area contributed by atoms with E-state index < -0.39 is 0 Å². The third-order valence-electron chi connectivity index (χ3n) is 5.53. The highest BCUT2D eigenvalue weighted by molar-refractivity contribution is 14.0. The first-order valence-electron chi connectivity index (χ1n) is 8.93. The molecule has 1 saturated carbocycles. The zero-order valence-corrected chi connectivity index (χ0v) is 17.3. The number of likely N-dealkylation sites (N-methyl/N-ethyl adjacent to an activating group) is 1. The van der Waals surface area contributed by atoms with Crippen LogP contribution in [0.4, 0.5) is 0 Å². The van der Waals surface area contributed by atoms with E-state index in [1.165, 1.54) is 25.7 Å². The Balaban J connectivity index is 0.00000208. The van der Waals surface area contributed by atoms with Crippen molar-refractivity contribution in [2.24, 2.45) is 10.4 Å². The summed E-state index contributed by atoms with van der Waals surface area (Å²) in [5, 5.41) is 3.46. The maximum absolute atomic E-state index is 11.9. The van der Waals surface area contributed by atoms with Crippen molar-refractivity contribution in [2.45, 2.75) is 44.6 Å². The van der Waals surface area contributed by atoms with E-state index in [4.69, 9.17) is 4.74 Å². The lowest BCUT2D eigenvalue weighted by molar-refractivity contribution is -0.127. The van der Waals surface area contributed by atoms with Gasteiger partial charge in [0.25, 0.3) is 0 Å². The molecule has 0 aromatic heterocycles. The smallest absolute Gasteiger partial charge is 0.243 e. The van der Waals surface area contributed by atoms with Crippen LogP contribution in [0, 0.1) is 5.41 Å². The first-order valence-corrected chi connectivity index (χ1v) is 8.93. The number of carbonyl (C=O) groups excluding carboxylic acids is 1. The number of rotatable bonds is 4. The first-order chi connectivity index (χ1) is 11.1. The zero-order valence-electron chi connectivity index (χ0n) is 14.9. The standard InChI is InChI=1S/C17H30N4O2.HI/c1-20(2)15(22)12-19-16(18-11-14-5-3-10-23-14)21-9-8-17(13-21)6-4-7-17;/h14H,3-13H2,1-2H3,(H,18,19);1H. The van der Waals surface area contributed by atoms with Crippen molar-refractivity contribution in [1.29, 1.82) is 0 Å². The van der Waals surface area contributed by atoms with E-state index in [1.54, 1.807) is 19.0 Å². The van der Waals surface area contributed by atoms with E-state index in [0.29, 0.717) is 5.41 Å². The second-order valence-corrected chi connectivity index (χ2v) is 7.47. The summed E-state index contributed by atoms with van der Waals surface area (Å²) in [5.41, 5.74) is 0.526. The zero-order chi connectivity index (χ0) is 16.3. The number of likely N-dealkylation sites (tertiary alicyclic amines) is 1. The number of aliphatic imine (C=N–C) groups is 1. The molecule has 2 saturated heterocycles. The Morgan fingerprint density at radius 2 is 2.12 bits per heavy atom. The van der Waals surface area contributed by atoms with Gasteiger partial charge >= 0.3 is 0 Å². The van der Waals surface area contributed by atoms with Gasteiger partial charge in [-0.05, 0) is 37.5 Å². The molecule has 0 aromatic rings. The van der Waals surface area contributed by atoms with Crippen molar-refractivity contribution in [3.05, 3.63) is 0 Å². The van der Waals surface area contributed by atoms with Crippen LogP contribution in [-0.2, 0) is 9.53 Å². The molecule has 24 heavy (non-hydrogen) atoms. The van der Waals surface area contributed by atoms with Crippen LogP contribution in [0.25, 0.3) is 0 Å². The SMILES string of the molecule is CN(C)C(=O)CN=C(NCC1CCCO1)N1CCC2(CCC2)C1.I. The Labute approximate surface area is 162 Å². The van der Waals surface area contributed by atoms with E-state index in [2.05, 4.69) is 15.2 Å². The molecule has 0 bridgehead atoms. The van der Waals surface area contributed by atoms with Crippen molar-refractivity contribution in [1.82, 2.24) is 15.1 Å². The molecule has 3 aliphatic rings. The molecule has 1 spiro atoms. The molecule has 0 radical (unpaired) electrons. The van der Waals surface area contributed by atoms with Gasteiger partial charge in [0, 0.05) is 40.3 Å². The fourth-order valence-corrected chi connectivity index (χ4v) is 3.76. The van der Waals surface area contributed by atoms with Gasteiger partial charge in [-0.2, -0.15) is 0 Å².